The first-order valence-corrected chi connectivity index (χ1v) is 4.68. The van der Waals surface area contributed by atoms with Gasteiger partial charge in [-0.2, -0.15) is 0 Å². The van der Waals surface area contributed by atoms with E-state index in [1.54, 1.807) is 0 Å². The molecule has 1 aliphatic heterocycles. The van der Waals surface area contributed by atoms with Gasteiger partial charge in [-0.25, -0.2) is 0 Å². The lowest BCUT2D eigenvalue weighted by Crippen LogP contribution is -2.47. The minimum Gasteiger partial charge on any atom is -0.369 e. The Labute approximate surface area is 78.7 Å². The van der Waals surface area contributed by atoms with Gasteiger partial charge in [-0.15, -0.1) is 0 Å². The smallest absolute Gasteiger partial charge is 0.107 e. The van der Waals surface area contributed by atoms with Crippen LogP contribution in [-0.2, 0) is 10.3 Å². The average molecular weight is 177 g/mol. The summed E-state index contributed by atoms with van der Waals surface area (Å²) in [6.45, 7) is 3.51. The van der Waals surface area contributed by atoms with Crippen LogP contribution in [0.4, 0.5) is 0 Å². The quantitative estimate of drug-likeness (QED) is 0.744. The van der Waals surface area contributed by atoms with Crippen LogP contribution in [0.5, 0.6) is 0 Å². The largest absolute Gasteiger partial charge is 0.369 e. The predicted octanol–water partition coefficient (Wildman–Crippen LogP) is 1.57. The lowest BCUT2D eigenvalue weighted by molar-refractivity contribution is -0.146. The molecule has 1 fully saturated rings. The summed E-state index contributed by atoms with van der Waals surface area (Å²) in [6, 6.07) is 8.40. The van der Waals surface area contributed by atoms with E-state index in [1.165, 1.54) is 11.1 Å². The van der Waals surface area contributed by atoms with Crippen LogP contribution in [0.2, 0.25) is 0 Å². The maximum atomic E-state index is 5.73. The molecule has 1 aromatic carbocycles. The SMILES string of the molecule is Cc1cccc(C2(CN)CCO2)c1. The van der Waals surface area contributed by atoms with Crippen LogP contribution in [-0.4, -0.2) is 13.2 Å². The number of rotatable bonds is 2. The van der Waals surface area contributed by atoms with Crippen molar-refractivity contribution in [1.29, 1.82) is 0 Å². The van der Waals surface area contributed by atoms with E-state index in [1.807, 2.05) is 0 Å². The highest BCUT2D eigenvalue weighted by Crippen LogP contribution is 2.36. The van der Waals surface area contributed by atoms with Crippen LogP contribution in [0.1, 0.15) is 17.5 Å². The van der Waals surface area contributed by atoms with Crippen molar-refractivity contribution in [2.75, 3.05) is 13.2 Å². The molecule has 0 aromatic heterocycles. The number of ether oxygens (including phenoxy) is 1. The van der Waals surface area contributed by atoms with Crippen LogP contribution >= 0.6 is 0 Å². The van der Waals surface area contributed by atoms with Gasteiger partial charge >= 0.3 is 0 Å². The Bertz CT molecular complexity index is 299. The molecule has 1 unspecified atom stereocenters. The number of hydrogen-bond acceptors (Lipinski definition) is 2. The minimum atomic E-state index is -0.175. The molecule has 2 rings (SSSR count). The molecular formula is C11H15NO. The summed E-state index contributed by atoms with van der Waals surface area (Å²) in [5, 5.41) is 0. The van der Waals surface area contributed by atoms with Gasteiger partial charge in [-0.1, -0.05) is 29.8 Å². The third-order valence-electron chi connectivity index (χ3n) is 2.76. The van der Waals surface area contributed by atoms with Crippen LogP contribution in [0, 0.1) is 6.92 Å². The highest BCUT2D eigenvalue weighted by molar-refractivity contribution is 5.29. The van der Waals surface area contributed by atoms with Crippen LogP contribution < -0.4 is 5.73 Å². The Morgan fingerprint density at radius 3 is 2.77 bits per heavy atom. The number of hydrogen-bond donors (Lipinski definition) is 1. The van der Waals surface area contributed by atoms with Crippen molar-refractivity contribution in [2.24, 2.45) is 5.73 Å². The van der Waals surface area contributed by atoms with Crippen LogP contribution in [0.25, 0.3) is 0 Å². The molecule has 13 heavy (non-hydrogen) atoms. The standard InChI is InChI=1S/C11H15NO/c1-9-3-2-4-10(7-9)11(8-12)5-6-13-11/h2-4,7H,5-6,8,12H2,1H3. The predicted molar refractivity (Wildman–Crippen MR) is 52.5 cm³/mol. The summed E-state index contributed by atoms with van der Waals surface area (Å²) in [7, 11) is 0. The first-order chi connectivity index (χ1) is 6.27. The van der Waals surface area contributed by atoms with Gasteiger partial charge < -0.3 is 10.5 Å². The first-order valence-electron chi connectivity index (χ1n) is 4.68. The van der Waals surface area contributed by atoms with E-state index in [4.69, 9.17) is 10.5 Å². The van der Waals surface area contributed by atoms with Gasteiger partial charge in [0.1, 0.15) is 5.60 Å². The van der Waals surface area contributed by atoms with Gasteiger partial charge in [-0.3, -0.25) is 0 Å². The number of aryl methyl sites for hydroxylation is 1. The van der Waals surface area contributed by atoms with E-state index >= 15 is 0 Å². The van der Waals surface area contributed by atoms with Crippen LogP contribution in [0.15, 0.2) is 24.3 Å². The van der Waals surface area contributed by atoms with E-state index in [2.05, 4.69) is 31.2 Å². The van der Waals surface area contributed by atoms with E-state index < -0.39 is 0 Å². The topological polar surface area (TPSA) is 35.2 Å². The Kier molecular flexibility index (Phi) is 2.10. The molecule has 2 heteroatoms. The lowest BCUT2D eigenvalue weighted by Gasteiger charge is -2.41. The Morgan fingerprint density at radius 1 is 1.54 bits per heavy atom. The Balaban J connectivity index is 2.33. The molecule has 0 saturated carbocycles. The van der Waals surface area contributed by atoms with Crippen molar-refractivity contribution in [3.63, 3.8) is 0 Å². The molecule has 1 aliphatic rings. The summed E-state index contributed by atoms with van der Waals surface area (Å²) in [6.07, 6.45) is 1.05. The normalized spacial score (nSPS) is 26.9. The second-order valence-electron chi connectivity index (χ2n) is 3.67. The molecule has 2 nitrogen and oxygen atoms in total. The van der Waals surface area contributed by atoms with Crippen LogP contribution in [0.3, 0.4) is 0 Å². The Hall–Kier alpha value is -0.860. The summed E-state index contributed by atoms with van der Waals surface area (Å²) in [4.78, 5) is 0. The molecule has 0 bridgehead atoms. The van der Waals surface area contributed by atoms with Gasteiger partial charge in [0, 0.05) is 13.0 Å². The van der Waals surface area contributed by atoms with Gasteiger partial charge in [0.05, 0.1) is 6.61 Å². The highest BCUT2D eigenvalue weighted by Gasteiger charge is 2.38. The lowest BCUT2D eigenvalue weighted by atomic mass is 9.86. The minimum absolute atomic E-state index is 0.175. The van der Waals surface area contributed by atoms with Gasteiger partial charge in [0.15, 0.2) is 0 Å². The molecule has 0 radical (unpaired) electrons. The molecular weight excluding hydrogens is 162 g/mol. The van der Waals surface area contributed by atoms with Gasteiger partial charge in [0.25, 0.3) is 0 Å². The molecule has 2 N–H and O–H groups in total. The average Bonchev–Trinajstić information content (AvgIpc) is 2.03. The zero-order chi connectivity index (χ0) is 9.31. The summed E-state index contributed by atoms with van der Waals surface area (Å²) < 4.78 is 5.58. The highest BCUT2D eigenvalue weighted by atomic mass is 16.5. The second kappa shape index (κ2) is 3.13. The summed E-state index contributed by atoms with van der Waals surface area (Å²) >= 11 is 0. The fourth-order valence-corrected chi connectivity index (χ4v) is 1.78. The number of benzene rings is 1. The fraction of sp³-hybridized carbons (Fsp3) is 0.455. The molecule has 0 aliphatic carbocycles. The zero-order valence-electron chi connectivity index (χ0n) is 7.92. The first kappa shape index (κ1) is 8.73. The van der Waals surface area contributed by atoms with E-state index in [0.29, 0.717) is 6.54 Å². The van der Waals surface area contributed by atoms with Gasteiger partial charge in [0.2, 0.25) is 0 Å². The van der Waals surface area contributed by atoms with E-state index in [9.17, 15) is 0 Å². The second-order valence-corrected chi connectivity index (χ2v) is 3.67. The van der Waals surface area contributed by atoms with Crippen molar-refractivity contribution < 1.29 is 4.74 Å². The van der Waals surface area contributed by atoms with Crippen molar-refractivity contribution >= 4 is 0 Å². The fourth-order valence-electron chi connectivity index (χ4n) is 1.78. The molecule has 1 aromatic rings. The maximum absolute atomic E-state index is 5.73. The molecule has 1 atom stereocenters. The van der Waals surface area contributed by atoms with Crippen molar-refractivity contribution in [1.82, 2.24) is 0 Å². The number of nitrogens with two attached hydrogens (primary N) is 1. The monoisotopic (exact) mass is 177 g/mol. The molecule has 70 valence electrons. The third kappa shape index (κ3) is 1.36. The van der Waals surface area contributed by atoms with Gasteiger partial charge in [-0.05, 0) is 12.5 Å². The maximum Gasteiger partial charge on any atom is 0.107 e. The summed E-state index contributed by atoms with van der Waals surface area (Å²) in [5.41, 5.74) is 8.04. The van der Waals surface area contributed by atoms with Crippen molar-refractivity contribution in [2.45, 2.75) is 18.9 Å². The van der Waals surface area contributed by atoms with E-state index in [0.717, 1.165) is 13.0 Å². The third-order valence-corrected chi connectivity index (χ3v) is 2.76. The molecule has 1 saturated heterocycles. The molecule has 1 heterocycles. The Morgan fingerprint density at radius 2 is 2.31 bits per heavy atom. The van der Waals surface area contributed by atoms with Crippen molar-refractivity contribution in [3.8, 4) is 0 Å². The zero-order valence-corrected chi connectivity index (χ0v) is 7.92. The summed E-state index contributed by atoms with van der Waals surface area (Å²) in [5.74, 6) is 0. The van der Waals surface area contributed by atoms with Crippen molar-refractivity contribution in [3.05, 3.63) is 35.4 Å². The van der Waals surface area contributed by atoms with E-state index in [-0.39, 0.29) is 5.60 Å². The molecule has 0 amide bonds. The molecule has 0 spiro atoms.